The van der Waals surface area contributed by atoms with Gasteiger partial charge in [0.05, 0.1) is 16.2 Å². The number of rotatable bonds is 2. The Morgan fingerprint density at radius 1 is 1.16 bits per heavy atom. The second kappa shape index (κ2) is 4.95. The Morgan fingerprint density at radius 2 is 1.68 bits per heavy atom. The Labute approximate surface area is 123 Å². The highest BCUT2D eigenvalue weighted by Crippen LogP contribution is 2.37. The van der Waals surface area contributed by atoms with E-state index >= 15 is 0 Å². The summed E-state index contributed by atoms with van der Waals surface area (Å²) in [4.78, 5) is 0.885. The second-order valence-electron chi connectivity index (χ2n) is 5.60. The minimum absolute atomic E-state index is 0.0940. The van der Waals surface area contributed by atoms with Crippen LogP contribution in [0.2, 0.25) is 5.02 Å². The van der Waals surface area contributed by atoms with Gasteiger partial charge in [0.25, 0.3) is 0 Å². The van der Waals surface area contributed by atoms with Crippen molar-refractivity contribution in [2.75, 3.05) is 6.26 Å². The van der Waals surface area contributed by atoms with Gasteiger partial charge in [0.2, 0.25) is 0 Å². The first-order valence-electron chi connectivity index (χ1n) is 6.06. The van der Waals surface area contributed by atoms with Gasteiger partial charge in [0.15, 0.2) is 0 Å². The summed E-state index contributed by atoms with van der Waals surface area (Å²) >= 11 is 7.42. The molecule has 1 heterocycles. The second-order valence-corrected chi connectivity index (χ2v) is 6.89. The van der Waals surface area contributed by atoms with Crippen molar-refractivity contribution in [3.05, 3.63) is 23.0 Å². The predicted octanol–water partition coefficient (Wildman–Crippen LogP) is 3.50. The molecule has 0 atom stereocenters. The molecule has 0 aliphatic carbocycles. The van der Waals surface area contributed by atoms with Crippen molar-refractivity contribution in [2.24, 2.45) is 0 Å². The number of hydrogen-bond donors (Lipinski definition) is 0. The molecule has 19 heavy (non-hydrogen) atoms. The van der Waals surface area contributed by atoms with Crippen LogP contribution in [-0.2, 0) is 9.31 Å². The van der Waals surface area contributed by atoms with Crippen LogP contribution >= 0.6 is 23.4 Å². The van der Waals surface area contributed by atoms with Crippen molar-refractivity contribution in [2.45, 2.75) is 43.8 Å². The Morgan fingerprint density at radius 3 is 2.16 bits per heavy atom. The fraction of sp³-hybridized carbons (Fsp3) is 0.538. The van der Waals surface area contributed by atoms with Crippen LogP contribution in [0.1, 0.15) is 27.7 Å². The molecule has 0 spiro atoms. The molecule has 1 aliphatic rings. The number of hydrogen-bond acceptors (Lipinski definition) is 3. The standard InChI is InChI=1S/C13H17BClFO2S/c1-12(2)13(3,4)18-14(17-12)9-6-8(19-5)7-10(15)11(9)16/h6-7H,1-5H3. The van der Waals surface area contributed by atoms with Crippen molar-refractivity contribution < 1.29 is 13.7 Å². The largest absolute Gasteiger partial charge is 0.497 e. The van der Waals surface area contributed by atoms with Crippen molar-refractivity contribution in [1.82, 2.24) is 0 Å². The van der Waals surface area contributed by atoms with Gasteiger partial charge in [-0.2, -0.15) is 0 Å². The third-order valence-corrected chi connectivity index (χ3v) is 4.75. The van der Waals surface area contributed by atoms with E-state index in [2.05, 4.69) is 0 Å². The van der Waals surface area contributed by atoms with Gasteiger partial charge in [-0.15, -0.1) is 11.8 Å². The van der Waals surface area contributed by atoms with Gasteiger partial charge in [-0.1, -0.05) is 11.6 Å². The van der Waals surface area contributed by atoms with Gasteiger partial charge < -0.3 is 9.31 Å². The van der Waals surface area contributed by atoms with Gasteiger partial charge in [-0.3, -0.25) is 0 Å². The van der Waals surface area contributed by atoms with E-state index in [0.29, 0.717) is 5.46 Å². The monoisotopic (exact) mass is 302 g/mol. The molecule has 6 heteroatoms. The summed E-state index contributed by atoms with van der Waals surface area (Å²) in [5.41, 5.74) is -0.631. The smallest absolute Gasteiger partial charge is 0.399 e. The quantitative estimate of drug-likeness (QED) is 0.615. The van der Waals surface area contributed by atoms with Crippen LogP contribution in [0.5, 0.6) is 0 Å². The Hall–Kier alpha value is -0.225. The number of halogens is 2. The first-order valence-corrected chi connectivity index (χ1v) is 7.67. The lowest BCUT2D eigenvalue weighted by atomic mass is 9.78. The maximum Gasteiger partial charge on any atom is 0.497 e. The van der Waals surface area contributed by atoms with Crippen molar-refractivity contribution >= 4 is 35.9 Å². The van der Waals surface area contributed by atoms with Crippen LogP contribution in [-0.4, -0.2) is 24.6 Å². The maximum absolute atomic E-state index is 14.2. The van der Waals surface area contributed by atoms with Crippen molar-refractivity contribution in [1.29, 1.82) is 0 Å². The van der Waals surface area contributed by atoms with E-state index in [4.69, 9.17) is 20.9 Å². The van der Waals surface area contributed by atoms with Crippen LogP contribution in [0.15, 0.2) is 17.0 Å². The lowest BCUT2D eigenvalue weighted by Gasteiger charge is -2.32. The highest BCUT2D eigenvalue weighted by atomic mass is 35.5. The van der Waals surface area contributed by atoms with Gasteiger partial charge in [0, 0.05) is 10.4 Å². The molecule has 0 amide bonds. The predicted molar refractivity (Wildman–Crippen MR) is 78.9 cm³/mol. The summed E-state index contributed by atoms with van der Waals surface area (Å²) in [6, 6.07) is 3.34. The van der Waals surface area contributed by atoms with Crippen LogP contribution in [0.25, 0.3) is 0 Å². The Balaban J connectivity index is 2.42. The highest BCUT2D eigenvalue weighted by Gasteiger charge is 2.52. The molecule has 2 rings (SSSR count). The van der Waals surface area contributed by atoms with Crippen molar-refractivity contribution in [3.8, 4) is 0 Å². The molecule has 0 bridgehead atoms. The molecule has 0 radical (unpaired) electrons. The van der Waals surface area contributed by atoms with Gasteiger partial charge in [-0.05, 0) is 46.1 Å². The zero-order chi connectivity index (χ0) is 14.4. The van der Waals surface area contributed by atoms with Crippen LogP contribution < -0.4 is 5.46 Å². The van der Waals surface area contributed by atoms with E-state index in [1.54, 1.807) is 12.1 Å². The van der Waals surface area contributed by atoms with Gasteiger partial charge in [0.1, 0.15) is 5.82 Å². The Bertz CT molecular complexity index is 492. The molecular weight excluding hydrogens is 285 g/mol. The molecule has 1 fully saturated rings. The molecule has 2 nitrogen and oxygen atoms in total. The normalized spacial score (nSPS) is 20.9. The summed E-state index contributed by atoms with van der Waals surface area (Å²) < 4.78 is 25.9. The van der Waals surface area contributed by atoms with Gasteiger partial charge >= 0.3 is 7.12 Å². The first kappa shape index (κ1) is 15.2. The lowest BCUT2D eigenvalue weighted by molar-refractivity contribution is 0.00578. The molecule has 1 aromatic rings. The molecule has 1 saturated heterocycles. The Kier molecular flexibility index (Phi) is 3.96. The molecule has 104 valence electrons. The van der Waals surface area contributed by atoms with Crippen LogP contribution in [0.3, 0.4) is 0 Å². The molecule has 1 aromatic carbocycles. The van der Waals surface area contributed by atoms with E-state index in [9.17, 15) is 4.39 Å². The summed E-state index contributed by atoms with van der Waals surface area (Å²) in [7, 11) is -0.727. The summed E-state index contributed by atoms with van der Waals surface area (Å²) in [5, 5.41) is 0.0940. The molecule has 1 aliphatic heterocycles. The van der Waals surface area contributed by atoms with E-state index in [1.807, 2.05) is 34.0 Å². The zero-order valence-corrected chi connectivity index (χ0v) is 13.3. The van der Waals surface area contributed by atoms with Crippen LogP contribution in [0, 0.1) is 5.82 Å². The third kappa shape index (κ3) is 2.66. The van der Waals surface area contributed by atoms with Gasteiger partial charge in [-0.25, -0.2) is 4.39 Å². The lowest BCUT2D eigenvalue weighted by Crippen LogP contribution is -2.41. The number of benzene rings is 1. The first-order chi connectivity index (χ1) is 8.68. The topological polar surface area (TPSA) is 18.5 Å². The minimum Gasteiger partial charge on any atom is -0.399 e. The fourth-order valence-corrected chi connectivity index (χ4v) is 2.62. The van der Waals surface area contributed by atoms with E-state index in [-0.39, 0.29) is 5.02 Å². The summed E-state index contributed by atoms with van der Waals surface area (Å²) in [6.45, 7) is 7.74. The zero-order valence-electron chi connectivity index (χ0n) is 11.7. The van der Waals surface area contributed by atoms with E-state index < -0.39 is 24.1 Å². The molecule has 0 saturated carbocycles. The maximum atomic E-state index is 14.2. The average Bonchev–Trinajstić information content (AvgIpc) is 2.51. The van der Waals surface area contributed by atoms with Crippen LogP contribution in [0.4, 0.5) is 4.39 Å². The summed E-state index contributed by atoms with van der Waals surface area (Å²) in [6.07, 6.45) is 1.91. The van der Waals surface area contributed by atoms with E-state index in [0.717, 1.165) is 4.90 Å². The molecule has 0 N–H and O–H groups in total. The third-order valence-electron chi connectivity index (χ3n) is 3.77. The summed E-state index contributed by atoms with van der Waals surface area (Å²) in [5.74, 6) is -0.474. The molecular formula is C13H17BClFO2S. The minimum atomic E-state index is -0.727. The fourth-order valence-electron chi connectivity index (χ4n) is 1.84. The van der Waals surface area contributed by atoms with Crippen molar-refractivity contribution in [3.63, 3.8) is 0 Å². The molecule has 0 unspecified atom stereocenters. The average molecular weight is 303 g/mol. The number of thioether (sulfide) groups is 1. The highest BCUT2D eigenvalue weighted by molar-refractivity contribution is 7.98. The molecule has 0 aromatic heterocycles. The SMILES string of the molecule is CSc1cc(Cl)c(F)c(B2OC(C)(C)C(C)(C)O2)c1. The van der Waals surface area contributed by atoms with E-state index in [1.165, 1.54) is 11.8 Å².